The molecule has 1 aliphatic heterocycles. The molecule has 0 radical (unpaired) electrons. The quantitative estimate of drug-likeness (QED) is 0.787. The Morgan fingerprint density at radius 1 is 1.32 bits per heavy atom. The van der Waals surface area contributed by atoms with E-state index in [-0.39, 0.29) is 29.7 Å². The van der Waals surface area contributed by atoms with Crippen molar-refractivity contribution in [3.05, 3.63) is 29.6 Å². The lowest BCUT2D eigenvalue weighted by Gasteiger charge is -2.32. The van der Waals surface area contributed by atoms with Gasteiger partial charge in [-0.1, -0.05) is 6.07 Å². The number of carbonyl (C=O) groups is 1. The lowest BCUT2D eigenvalue weighted by Crippen LogP contribution is -2.36. The molecule has 0 aromatic heterocycles. The number of rotatable bonds is 3. The van der Waals surface area contributed by atoms with E-state index in [1.165, 1.54) is 13.0 Å². The number of hydrogen-bond donors (Lipinski definition) is 0. The van der Waals surface area contributed by atoms with Crippen LogP contribution in [-0.2, 0) is 4.74 Å². The van der Waals surface area contributed by atoms with Crippen LogP contribution in [0.15, 0.2) is 18.2 Å². The molecule has 0 bridgehead atoms. The van der Waals surface area contributed by atoms with Crippen molar-refractivity contribution in [1.29, 1.82) is 0 Å². The topological polar surface area (TPSA) is 35.5 Å². The number of hydrogen-bond acceptors (Lipinski definition) is 3. The number of ether oxygens (including phenoxy) is 2. The van der Waals surface area contributed by atoms with Gasteiger partial charge in [-0.05, 0) is 32.9 Å². The summed E-state index contributed by atoms with van der Waals surface area (Å²) < 4.78 is 25.1. The minimum atomic E-state index is -0.529. The lowest BCUT2D eigenvalue weighted by atomic mass is 10.0. The van der Waals surface area contributed by atoms with Crippen LogP contribution in [0, 0.1) is 5.82 Å². The van der Waals surface area contributed by atoms with Crippen LogP contribution in [0.5, 0.6) is 5.75 Å². The first-order chi connectivity index (χ1) is 8.97. The molecule has 0 spiro atoms. The normalized spacial score (nSPS) is 27.1. The van der Waals surface area contributed by atoms with Gasteiger partial charge in [-0.25, -0.2) is 4.39 Å². The Bertz CT molecular complexity index is 462. The summed E-state index contributed by atoms with van der Waals surface area (Å²) in [5.41, 5.74) is 0.0364. The van der Waals surface area contributed by atoms with Crippen molar-refractivity contribution in [2.75, 3.05) is 0 Å². The van der Waals surface area contributed by atoms with Crippen LogP contribution in [-0.4, -0.2) is 24.1 Å². The van der Waals surface area contributed by atoms with Crippen LogP contribution in [0.1, 0.15) is 44.0 Å². The fraction of sp³-hybridized carbons (Fsp3) is 0.533. The summed E-state index contributed by atoms with van der Waals surface area (Å²) in [6.07, 6.45) is 1.68. The molecule has 1 aliphatic rings. The highest BCUT2D eigenvalue weighted by atomic mass is 19.1. The van der Waals surface area contributed by atoms with Gasteiger partial charge in [-0.3, -0.25) is 4.79 Å². The van der Waals surface area contributed by atoms with Crippen LogP contribution >= 0.6 is 0 Å². The number of ketones is 1. The van der Waals surface area contributed by atoms with Crippen molar-refractivity contribution < 1.29 is 18.7 Å². The third-order valence-corrected chi connectivity index (χ3v) is 3.28. The maximum Gasteiger partial charge on any atom is 0.166 e. The molecule has 1 heterocycles. The zero-order valence-corrected chi connectivity index (χ0v) is 11.5. The summed E-state index contributed by atoms with van der Waals surface area (Å²) in [6, 6.07) is 4.48. The van der Waals surface area contributed by atoms with Gasteiger partial charge in [0.15, 0.2) is 5.78 Å². The number of benzene rings is 1. The minimum absolute atomic E-state index is 0.0364. The maximum absolute atomic E-state index is 13.7. The Morgan fingerprint density at radius 2 is 1.95 bits per heavy atom. The Balaban J connectivity index is 2.19. The SMILES string of the molecule is CC(=O)c1c(F)cccc1OC1CC(C)OC(C)C1. The molecule has 0 saturated carbocycles. The fourth-order valence-corrected chi connectivity index (χ4v) is 2.56. The van der Waals surface area contributed by atoms with E-state index in [0.717, 1.165) is 12.8 Å². The molecular weight excluding hydrogens is 247 g/mol. The second-order valence-electron chi connectivity index (χ2n) is 5.14. The minimum Gasteiger partial charge on any atom is -0.489 e. The predicted octanol–water partition coefficient (Wildman–Crippen LogP) is 3.36. The maximum atomic E-state index is 13.7. The average Bonchev–Trinajstić information content (AvgIpc) is 2.26. The van der Waals surface area contributed by atoms with E-state index in [1.807, 2.05) is 13.8 Å². The van der Waals surface area contributed by atoms with E-state index >= 15 is 0 Å². The Kier molecular flexibility index (Phi) is 4.20. The molecule has 1 saturated heterocycles. The molecule has 4 heteroatoms. The van der Waals surface area contributed by atoms with Crippen molar-refractivity contribution in [1.82, 2.24) is 0 Å². The van der Waals surface area contributed by atoms with E-state index < -0.39 is 5.82 Å². The van der Waals surface area contributed by atoms with Gasteiger partial charge >= 0.3 is 0 Å². The van der Waals surface area contributed by atoms with Gasteiger partial charge in [0, 0.05) is 12.8 Å². The third-order valence-electron chi connectivity index (χ3n) is 3.28. The first-order valence-corrected chi connectivity index (χ1v) is 6.59. The fourth-order valence-electron chi connectivity index (χ4n) is 2.56. The smallest absolute Gasteiger partial charge is 0.166 e. The van der Waals surface area contributed by atoms with Crippen molar-refractivity contribution in [3.8, 4) is 5.75 Å². The highest BCUT2D eigenvalue weighted by Crippen LogP contribution is 2.28. The van der Waals surface area contributed by atoms with Gasteiger partial charge in [0.05, 0.1) is 17.8 Å². The van der Waals surface area contributed by atoms with E-state index in [0.29, 0.717) is 5.75 Å². The Morgan fingerprint density at radius 3 is 2.53 bits per heavy atom. The van der Waals surface area contributed by atoms with E-state index in [9.17, 15) is 9.18 Å². The zero-order chi connectivity index (χ0) is 14.0. The molecule has 1 aromatic carbocycles. The summed E-state index contributed by atoms with van der Waals surface area (Å²) in [5.74, 6) is -0.516. The molecule has 104 valence electrons. The molecule has 2 rings (SSSR count). The van der Waals surface area contributed by atoms with Crippen LogP contribution in [0.25, 0.3) is 0 Å². The first-order valence-electron chi connectivity index (χ1n) is 6.59. The highest BCUT2D eigenvalue weighted by molar-refractivity contribution is 5.97. The summed E-state index contributed by atoms with van der Waals surface area (Å²) in [6.45, 7) is 5.33. The van der Waals surface area contributed by atoms with E-state index in [2.05, 4.69) is 0 Å². The second-order valence-corrected chi connectivity index (χ2v) is 5.14. The van der Waals surface area contributed by atoms with Crippen molar-refractivity contribution >= 4 is 5.78 Å². The van der Waals surface area contributed by atoms with Crippen molar-refractivity contribution in [3.63, 3.8) is 0 Å². The molecule has 0 amide bonds. The monoisotopic (exact) mass is 266 g/mol. The third kappa shape index (κ3) is 3.32. The highest BCUT2D eigenvalue weighted by Gasteiger charge is 2.27. The number of carbonyl (C=O) groups excluding carboxylic acids is 1. The number of Topliss-reactive ketones (excluding diaryl/α,β-unsaturated/α-hetero) is 1. The summed E-state index contributed by atoms with van der Waals surface area (Å²) in [4.78, 5) is 11.5. The average molecular weight is 266 g/mol. The Labute approximate surface area is 112 Å². The van der Waals surface area contributed by atoms with E-state index in [1.54, 1.807) is 12.1 Å². The van der Waals surface area contributed by atoms with E-state index in [4.69, 9.17) is 9.47 Å². The largest absolute Gasteiger partial charge is 0.489 e. The summed E-state index contributed by atoms with van der Waals surface area (Å²) in [5, 5.41) is 0. The molecule has 2 unspecified atom stereocenters. The van der Waals surface area contributed by atoms with Gasteiger partial charge in [0.25, 0.3) is 0 Å². The van der Waals surface area contributed by atoms with Crippen LogP contribution in [0.2, 0.25) is 0 Å². The molecule has 3 nitrogen and oxygen atoms in total. The summed E-state index contributed by atoms with van der Waals surface area (Å²) >= 11 is 0. The predicted molar refractivity (Wildman–Crippen MR) is 70.1 cm³/mol. The first kappa shape index (κ1) is 14.0. The van der Waals surface area contributed by atoms with Crippen LogP contribution < -0.4 is 4.74 Å². The number of halogens is 1. The molecule has 1 aromatic rings. The van der Waals surface area contributed by atoms with Gasteiger partial charge in [-0.15, -0.1) is 0 Å². The van der Waals surface area contributed by atoms with Gasteiger partial charge in [0.2, 0.25) is 0 Å². The molecule has 2 atom stereocenters. The molecule has 0 N–H and O–H groups in total. The molecule has 1 fully saturated rings. The van der Waals surface area contributed by atoms with Crippen LogP contribution in [0.4, 0.5) is 4.39 Å². The van der Waals surface area contributed by atoms with Crippen molar-refractivity contribution in [2.24, 2.45) is 0 Å². The Hall–Kier alpha value is -1.42. The standard InChI is InChI=1S/C15H19FO3/c1-9-7-12(8-10(2)18-9)19-14-6-4-5-13(16)15(14)11(3)17/h4-6,9-10,12H,7-8H2,1-3H3. The lowest BCUT2D eigenvalue weighted by molar-refractivity contribution is -0.0722. The molecule has 19 heavy (non-hydrogen) atoms. The van der Waals surface area contributed by atoms with Crippen molar-refractivity contribution in [2.45, 2.75) is 51.9 Å². The van der Waals surface area contributed by atoms with Gasteiger partial charge in [0.1, 0.15) is 17.7 Å². The molecule has 0 aliphatic carbocycles. The zero-order valence-electron chi connectivity index (χ0n) is 11.5. The molecular formula is C15H19FO3. The second kappa shape index (κ2) is 5.70. The van der Waals surface area contributed by atoms with Gasteiger partial charge in [-0.2, -0.15) is 0 Å². The summed E-state index contributed by atoms with van der Waals surface area (Å²) in [7, 11) is 0. The van der Waals surface area contributed by atoms with Gasteiger partial charge < -0.3 is 9.47 Å². The van der Waals surface area contributed by atoms with Crippen LogP contribution in [0.3, 0.4) is 0 Å².